The largest absolute Gasteiger partial charge is 0.373 e. The molecule has 1 aliphatic rings. The monoisotopic (exact) mass is 347 g/mol. The highest BCUT2D eigenvalue weighted by atomic mass is 16.5. The number of benzene rings is 1. The van der Waals surface area contributed by atoms with E-state index in [0.29, 0.717) is 30.9 Å². The van der Waals surface area contributed by atoms with Crippen LogP contribution in [0.2, 0.25) is 0 Å². The molecule has 6 heteroatoms. The van der Waals surface area contributed by atoms with E-state index in [-0.39, 0.29) is 24.0 Å². The van der Waals surface area contributed by atoms with Crippen molar-refractivity contribution in [2.45, 2.75) is 39.9 Å². The SMILES string of the molecule is CCN(CC)C(=O)c1ccc(NC(=O)CN2CC(C)OC(C)C2)cc1. The van der Waals surface area contributed by atoms with Crippen molar-refractivity contribution < 1.29 is 14.3 Å². The van der Waals surface area contributed by atoms with Gasteiger partial charge in [0.1, 0.15) is 0 Å². The zero-order chi connectivity index (χ0) is 18.4. The van der Waals surface area contributed by atoms with Crippen LogP contribution in [0.25, 0.3) is 0 Å². The van der Waals surface area contributed by atoms with E-state index < -0.39 is 0 Å². The predicted molar refractivity (Wildman–Crippen MR) is 98.8 cm³/mol. The molecule has 1 fully saturated rings. The highest BCUT2D eigenvalue weighted by Gasteiger charge is 2.23. The fraction of sp³-hybridized carbons (Fsp3) is 0.579. The molecule has 0 spiro atoms. The number of morpholine rings is 1. The Bertz CT molecular complexity index is 574. The molecule has 0 bridgehead atoms. The average molecular weight is 347 g/mol. The van der Waals surface area contributed by atoms with Gasteiger partial charge in [0, 0.05) is 37.4 Å². The van der Waals surface area contributed by atoms with Gasteiger partial charge in [0.25, 0.3) is 5.91 Å². The summed E-state index contributed by atoms with van der Waals surface area (Å²) in [6, 6.07) is 7.07. The lowest BCUT2D eigenvalue weighted by Crippen LogP contribution is -2.48. The number of hydrogen-bond donors (Lipinski definition) is 1. The van der Waals surface area contributed by atoms with E-state index in [1.54, 1.807) is 29.2 Å². The molecule has 1 saturated heterocycles. The van der Waals surface area contributed by atoms with Gasteiger partial charge >= 0.3 is 0 Å². The van der Waals surface area contributed by atoms with Gasteiger partial charge in [-0.1, -0.05) is 0 Å². The van der Waals surface area contributed by atoms with Gasteiger partial charge in [-0.2, -0.15) is 0 Å². The molecule has 2 unspecified atom stereocenters. The summed E-state index contributed by atoms with van der Waals surface area (Å²) in [7, 11) is 0. The third-order valence-corrected chi connectivity index (χ3v) is 4.33. The van der Waals surface area contributed by atoms with Gasteiger partial charge in [0.15, 0.2) is 0 Å². The van der Waals surface area contributed by atoms with E-state index >= 15 is 0 Å². The third-order valence-electron chi connectivity index (χ3n) is 4.33. The van der Waals surface area contributed by atoms with Crippen LogP contribution in [-0.2, 0) is 9.53 Å². The topological polar surface area (TPSA) is 61.9 Å². The second kappa shape index (κ2) is 8.97. The first-order chi connectivity index (χ1) is 11.9. The van der Waals surface area contributed by atoms with Crippen LogP contribution in [-0.4, -0.2) is 66.5 Å². The molecule has 0 aliphatic carbocycles. The van der Waals surface area contributed by atoms with Crippen molar-refractivity contribution in [1.29, 1.82) is 0 Å². The van der Waals surface area contributed by atoms with E-state index in [1.165, 1.54) is 0 Å². The predicted octanol–water partition coefficient (Wildman–Crippen LogP) is 2.22. The summed E-state index contributed by atoms with van der Waals surface area (Å²) in [4.78, 5) is 28.4. The van der Waals surface area contributed by atoms with Crippen molar-refractivity contribution in [3.63, 3.8) is 0 Å². The van der Waals surface area contributed by atoms with Crippen LogP contribution in [0.1, 0.15) is 38.1 Å². The summed E-state index contributed by atoms with van der Waals surface area (Å²) in [6.45, 7) is 11.2. The van der Waals surface area contributed by atoms with Crippen molar-refractivity contribution in [3.8, 4) is 0 Å². The Kier molecular flexibility index (Phi) is 6.96. The Labute approximate surface area is 150 Å². The van der Waals surface area contributed by atoms with Gasteiger partial charge in [0.2, 0.25) is 5.91 Å². The summed E-state index contributed by atoms with van der Waals surface area (Å²) in [6.07, 6.45) is 0.281. The van der Waals surface area contributed by atoms with Gasteiger partial charge in [-0.3, -0.25) is 14.5 Å². The molecule has 0 aromatic heterocycles. The zero-order valence-electron chi connectivity index (χ0n) is 15.6. The van der Waals surface area contributed by atoms with E-state index in [2.05, 4.69) is 10.2 Å². The molecule has 2 amide bonds. The number of nitrogens with one attached hydrogen (secondary N) is 1. The lowest BCUT2D eigenvalue weighted by atomic mass is 10.1. The maximum absolute atomic E-state index is 12.3. The van der Waals surface area contributed by atoms with Crippen molar-refractivity contribution in [3.05, 3.63) is 29.8 Å². The molecular formula is C19H29N3O3. The Hall–Kier alpha value is -1.92. The number of anilines is 1. The van der Waals surface area contributed by atoms with Crippen LogP contribution in [0, 0.1) is 0 Å². The van der Waals surface area contributed by atoms with E-state index in [4.69, 9.17) is 4.74 Å². The first-order valence-corrected chi connectivity index (χ1v) is 8.99. The standard InChI is InChI=1S/C19H29N3O3/c1-5-22(6-2)19(24)16-7-9-17(10-8-16)20-18(23)13-21-11-14(3)25-15(4)12-21/h7-10,14-15H,5-6,11-13H2,1-4H3,(H,20,23). The summed E-state index contributed by atoms with van der Waals surface area (Å²) >= 11 is 0. The lowest BCUT2D eigenvalue weighted by molar-refractivity contribution is -0.121. The van der Waals surface area contributed by atoms with Gasteiger partial charge in [0.05, 0.1) is 18.8 Å². The van der Waals surface area contributed by atoms with E-state index in [0.717, 1.165) is 13.1 Å². The Morgan fingerprint density at radius 2 is 1.68 bits per heavy atom. The van der Waals surface area contributed by atoms with E-state index in [1.807, 2.05) is 27.7 Å². The maximum atomic E-state index is 12.3. The maximum Gasteiger partial charge on any atom is 0.253 e. The molecule has 1 heterocycles. The molecule has 2 rings (SSSR count). The molecule has 1 N–H and O–H groups in total. The number of carbonyl (C=O) groups excluding carboxylic acids is 2. The Morgan fingerprint density at radius 1 is 1.12 bits per heavy atom. The van der Waals surface area contributed by atoms with Crippen molar-refractivity contribution >= 4 is 17.5 Å². The molecule has 1 aromatic carbocycles. The van der Waals surface area contributed by atoms with Crippen LogP contribution < -0.4 is 5.32 Å². The molecule has 1 aliphatic heterocycles. The van der Waals surface area contributed by atoms with Crippen LogP contribution >= 0.6 is 0 Å². The minimum absolute atomic E-state index is 0.0131. The van der Waals surface area contributed by atoms with Gasteiger partial charge in [-0.25, -0.2) is 0 Å². The van der Waals surface area contributed by atoms with Gasteiger partial charge in [-0.05, 0) is 52.0 Å². The molecular weight excluding hydrogens is 318 g/mol. The van der Waals surface area contributed by atoms with Crippen LogP contribution in [0.3, 0.4) is 0 Å². The first-order valence-electron chi connectivity index (χ1n) is 8.99. The summed E-state index contributed by atoms with van der Waals surface area (Å²) < 4.78 is 5.68. The average Bonchev–Trinajstić information content (AvgIpc) is 2.55. The van der Waals surface area contributed by atoms with E-state index in [9.17, 15) is 9.59 Å². The summed E-state index contributed by atoms with van der Waals surface area (Å²) in [5.74, 6) is -0.0386. The second-order valence-electron chi connectivity index (χ2n) is 6.55. The number of ether oxygens (including phenoxy) is 1. The first kappa shape index (κ1) is 19.4. The van der Waals surface area contributed by atoms with Crippen molar-refractivity contribution in [2.24, 2.45) is 0 Å². The minimum Gasteiger partial charge on any atom is -0.373 e. The number of amides is 2. The van der Waals surface area contributed by atoms with Crippen LogP contribution in [0.5, 0.6) is 0 Å². The van der Waals surface area contributed by atoms with Gasteiger partial charge < -0.3 is 15.0 Å². The molecule has 25 heavy (non-hydrogen) atoms. The zero-order valence-corrected chi connectivity index (χ0v) is 15.6. The second-order valence-corrected chi connectivity index (χ2v) is 6.55. The molecule has 0 saturated carbocycles. The van der Waals surface area contributed by atoms with Crippen LogP contribution in [0.15, 0.2) is 24.3 Å². The van der Waals surface area contributed by atoms with Crippen molar-refractivity contribution in [1.82, 2.24) is 9.80 Å². The van der Waals surface area contributed by atoms with Gasteiger partial charge in [-0.15, -0.1) is 0 Å². The highest BCUT2D eigenvalue weighted by Crippen LogP contribution is 2.13. The fourth-order valence-corrected chi connectivity index (χ4v) is 3.21. The molecule has 6 nitrogen and oxygen atoms in total. The number of hydrogen-bond acceptors (Lipinski definition) is 4. The smallest absolute Gasteiger partial charge is 0.253 e. The van der Waals surface area contributed by atoms with Crippen molar-refractivity contribution in [2.75, 3.05) is 38.0 Å². The quantitative estimate of drug-likeness (QED) is 0.857. The summed E-state index contributed by atoms with van der Waals surface area (Å²) in [5, 5.41) is 2.90. The third kappa shape index (κ3) is 5.54. The minimum atomic E-state index is -0.0517. The highest BCUT2D eigenvalue weighted by molar-refractivity contribution is 5.96. The normalized spacial score (nSPS) is 21.0. The molecule has 1 aromatic rings. The number of nitrogens with zero attached hydrogens (tertiary/aromatic N) is 2. The fourth-order valence-electron chi connectivity index (χ4n) is 3.21. The molecule has 2 atom stereocenters. The molecule has 138 valence electrons. The summed E-state index contributed by atoms with van der Waals surface area (Å²) in [5.41, 5.74) is 1.34. The Balaban J connectivity index is 1.90. The number of carbonyl (C=O) groups is 2. The molecule has 0 radical (unpaired) electrons. The Morgan fingerprint density at radius 3 is 2.20 bits per heavy atom. The number of rotatable bonds is 6. The lowest BCUT2D eigenvalue weighted by Gasteiger charge is -2.34. The van der Waals surface area contributed by atoms with Crippen LogP contribution in [0.4, 0.5) is 5.69 Å².